The Bertz CT molecular complexity index is 871. The zero-order chi connectivity index (χ0) is 19.2. The molecule has 0 saturated heterocycles. The van der Waals surface area contributed by atoms with E-state index in [-0.39, 0.29) is 10.8 Å². The molecule has 0 spiro atoms. The standard InChI is InChI=1S/C18H22ClN3O3S/c1-22(16-8-5-7-15(19)13-16)26(24,25)17-9-4-6-14(12-17)18(23)21-11-3-2-10-20/h4-9,12-13H,2-3,10-11,20H2,1H3,(H,21,23). The summed E-state index contributed by atoms with van der Waals surface area (Å²) in [6, 6.07) is 12.5. The maximum Gasteiger partial charge on any atom is 0.264 e. The fourth-order valence-corrected chi connectivity index (χ4v) is 3.76. The first kappa shape index (κ1) is 20.2. The van der Waals surface area contributed by atoms with Crippen molar-refractivity contribution in [3.63, 3.8) is 0 Å². The minimum atomic E-state index is -3.82. The Hall–Kier alpha value is -2.09. The SMILES string of the molecule is CN(c1cccc(Cl)c1)S(=O)(=O)c1cccc(C(=O)NCCCCN)c1. The Kier molecular flexibility index (Phi) is 7.02. The molecule has 3 N–H and O–H groups in total. The molecule has 140 valence electrons. The Morgan fingerprint density at radius 1 is 1.15 bits per heavy atom. The van der Waals surface area contributed by atoms with Gasteiger partial charge in [0.2, 0.25) is 0 Å². The lowest BCUT2D eigenvalue weighted by Crippen LogP contribution is -2.28. The van der Waals surface area contributed by atoms with Gasteiger partial charge in [0, 0.05) is 24.2 Å². The number of unbranched alkanes of at least 4 members (excludes halogenated alkanes) is 1. The minimum absolute atomic E-state index is 0.0367. The second kappa shape index (κ2) is 9.02. The van der Waals surface area contributed by atoms with Crippen LogP contribution < -0.4 is 15.4 Å². The number of nitrogens with two attached hydrogens (primary N) is 1. The molecule has 0 aliphatic rings. The van der Waals surface area contributed by atoms with Gasteiger partial charge >= 0.3 is 0 Å². The molecule has 0 aliphatic carbocycles. The number of nitrogens with one attached hydrogen (secondary N) is 1. The van der Waals surface area contributed by atoms with Gasteiger partial charge in [0.05, 0.1) is 10.6 Å². The third-order valence-electron chi connectivity index (χ3n) is 3.84. The molecular weight excluding hydrogens is 374 g/mol. The number of halogens is 1. The highest BCUT2D eigenvalue weighted by atomic mass is 35.5. The van der Waals surface area contributed by atoms with Gasteiger partial charge in [0.15, 0.2) is 0 Å². The van der Waals surface area contributed by atoms with Crippen LogP contribution in [0.2, 0.25) is 5.02 Å². The highest BCUT2D eigenvalue weighted by Crippen LogP contribution is 2.25. The van der Waals surface area contributed by atoms with Crippen molar-refractivity contribution >= 4 is 33.2 Å². The van der Waals surface area contributed by atoms with Gasteiger partial charge in [-0.2, -0.15) is 0 Å². The van der Waals surface area contributed by atoms with Crippen molar-refractivity contribution in [3.8, 4) is 0 Å². The number of hydrogen-bond donors (Lipinski definition) is 2. The highest BCUT2D eigenvalue weighted by molar-refractivity contribution is 7.92. The van der Waals surface area contributed by atoms with E-state index in [4.69, 9.17) is 17.3 Å². The average molecular weight is 396 g/mol. The molecule has 0 unspecified atom stereocenters. The molecule has 0 atom stereocenters. The van der Waals surface area contributed by atoms with E-state index in [0.717, 1.165) is 17.1 Å². The molecular formula is C18H22ClN3O3S. The van der Waals surface area contributed by atoms with Gasteiger partial charge in [-0.25, -0.2) is 8.42 Å². The molecule has 0 aliphatic heterocycles. The second-order valence-corrected chi connectivity index (χ2v) is 8.14. The van der Waals surface area contributed by atoms with Gasteiger partial charge in [-0.3, -0.25) is 9.10 Å². The van der Waals surface area contributed by atoms with Crippen molar-refractivity contribution in [2.75, 3.05) is 24.4 Å². The van der Waals surface area contributed by atoms with E-state index in [1.165, 1.54) is 19.2 Å². The van der Waals surface area contributed by atoms with E-state index in [0.29, 0.717) is 29.4 Å². The summed E-state index contributed by atoms with van der Waals surface area (Å²) in [5.41, 5.74) is 6.15. The molecule has 8 heteroatoms. The van der Waals surface area contributed by atoms with Crippen LogP contribution in [0.1, 0.15) is 23.2 Å². The number of sulfonamides is 1. The van der Waals surface area contributed by atoms with Gasteiger partial charge in [0.25, 0.3) is 15.9 Å². The molecule has 2 aromatic rings. The molecule has 0 radical (unpaired) electrons. The Morgan fingerprint density at radius 3 is 2.58 bits per heavy atom. The first-order valence-corrected chi connectivity index (χ1v) is 10.0. The van der Waals surface area contributed by atoms with E-state index >= 15 is 0 Å². The quantitative estimate of drug-likeness (QED) is 0.672. The van der Waals surface area contributed by atoms with Crippen molar-refractivity contribution in [2.45, 2.75) is 17.7 Å². The molecule has 0 saturated carbocycles. The third-order valence-corrected chi connectivity index (χ3v) is 5.86. The van der Waals surface area contributed by atoms with Gasteiger partial charge in [-0.1, -0.05) is 23.7 Å². The summed E-state index contributed by atoms with van der Waals surface area (Å²) in [5, 5.41) is 3.20. The van der Waals surface area contributed by atoms with Crippen LogP contribution in [0.4, 0.5) is 5.69 Å². The summed E-state index contributed by atoms with van der Waals surface area (Å²) in [7, 11) is -2.37. The Labute approximate surface area is 159 Å². The van der Waals surface area contributed by atoms with E-state index in [9.17, 15) is 13.2 Å². The molecule has 2 rings (SSSR count). The number of nitrogens with zero attached hydrogens (tertiary/aromatic N) is 1. The zero-order valence-corrected chi connectivity index (χ0v) is 16.1. The number of amides is 1. The van der Waals surface area contributed by atoms with Gasteiger partial charge < -0.3 is 11.1 Å². The van der Waals surface area contributed by atoms with Crippen LogP contribution in [0.25, 0.3) is 0 Å². The molecule has 1 amide bonds. The first-order valence-electron chi connectivity index (χ1n) is 8.19. The summed E-state index contributed by atoms with van der Waals surface area (Å²) in [6.07, 6.45) is 1.59. The van der Waals surface area contributed by atoms with Crippen LogP contribution in [-0.2, 0) is 10.0 Å². The lowest BCUT2D eigenvalue weighted by molar-refractivity contribution is 0.0953. The Balaban J connectivity index is 2.21. The van der Waals surface area contributed by atoms with Gasteiger partial charge in [-0.05, 0) is 55.8 Å². The maximum absolute atomic E-state index is 12.9. The largest absolute Gasteiger partial charge is 0.352 e. The van der Waals surface area contributed by atoms with E-state index in [1.54, 1.807) is 36.4 Å². The molecule has 0 bridgehead atoms. The van der Waals surface area contributed by atoms with E-state index < -0.39 is 10.0 Å². The molecule has 26 heavy (non-hydrogen) atoms. The molecule has 2 aromatic carbocycles. The summed E-state index contributed by atoms with van der Waals surface area (Å²) in [4.78, 5) is 12.2. The second-order valence-electron chi connectivity index (χ2n) is 5.73. The van der Waals surface area contributed by atoms with Crippen molar-refractivity contribution in [1.82, 2.24) is 5.32 Å². The van der Waals surface area contributed by atoms with Crippen molar-refractivity contribution < 1.29 is 13.2 Å². The van der Waals surface area contributed by atoms with E-state index in [1.807, 2.05) is 0 Å². The van der Waals surface area contributed by atoms with Crippen LogP contribution in [0.15, 0.2) is 53.4 Å². The zero-order valence-electron chi connectivity index (χ0n) is 14.5. The smallest absolute Gasteiger partial charge is 0.264 e. The van der Waals surface area contributed by atoms with Crippen LogP contribution in [0.3, 0.4) is 0 Å². The molecule has 6 nitrogen and oxygen atoms in total. The number of anilines is 1. The van der Waals surface area contributed by atoms with E-state index in [2.05, 4.69) is 5.32 Å². The number of benzene rings is 2. The number of carbonyl (C=O) groups is 1. The first-order chi connectivity index (χ1) is 12.4. The average Bonchev–Trinajstić information content (AvgIpc) is 2.64. The predicted octanol–water partition coefficient (Wildman–Crippen LogP) is 2.63. The Morgan fingerprint density at radius 2 is 1.88 bits per heavy atom. The maximum atomic E-state index is 12.9. The van der Waals surface area contributed by atoms with Crippen LogP contribution in [0, 0.1) is 0 Å². The number of rotatable bonds is 8. The van der Waals surface area contributed by atoms with Crippen LogP contribution in [0.5, 0.6) is 0 Å². The molecule has 0 fully saturated rings. The fraction of sp³-hybridized carbons (Fsp3) is 0.278. The van der Waals surface area contributed by atoms with Gasteiger partial charge in [0.1, 0.15) is 0 Å². The molecule has 0 heterocycles. The lowest BCUT2D eigenvalue weighted by atomic mass is 10.2. The topological polar surface area (TPSA) is 92.5 Å². The number of carbonyl (C=O) groups excluding carboxylic acids is 1. The van der Waals surface area contributed by atoms with Crippen molar-refractivity contribution in [2.24, 2.45) is 5.73 Å². The molecule has 0 aromatic heterocycles. The predicted molar refractivity (Wildman–Crippen MR) is 104 cm³/mol. The summed E-state index contributed by atoms with van der Waals surface area (Å²) in [6.45, 7) is 1.06. The highest BCUT2D eigenvalue weighted by Gasteiger charge is 2.22. The van der Waals surface area contributed by atoms with Crippen molar-refractivity contribution in [1.29, 1.82) is 0 Å². The number of hydrogen-bond acceptors (Lipinski definition) is 4. The summed E-state index contributed by atoms with van der Waals surface area (Å²) < 4.78 is 26.8. The van der Waals surface area contributed by atoms with Crippen LogP contribution >= 0.6 is 11.6 Å². The fourth-order valence-electron chi connectivity index (χ4n) is 2.34. The lowest BCUT2D eigenvalue weighted by Gasteiger charge is -2.20. The minimum Gasteiger partial charge on any atom is -0.352 e. The summed E-state index contributed by atoms with van der Waals surface area (Å²) >= 11 is 5.94. The van der Waals surface area contributed by atoms with Gasteiger partial charge in [-0.15, -0.1) is 0 Å². The van der Waals surface area contributed by atoms with Crippen LogP contribution in [-0.4, -0.2) is 34.5 Å². The third kappa shape index (κ3) is 4.97. The normalized spacial score (nSPS) is 11.2. The van der Waals surface area contributed by atoms with Crippen molar-refractivity contribution in [3.05, 3.63) is 59.1 Å². The monoisotopic (exact) mass is 395 g/mol. The summed E-state index contributed by atoms with van der Waals surface area (Å²) in [5.74, 6) is -0.315.